The molecule has 1 aromatic carbocycles. The van der Waals surface area contributed by atoms with Gasteiger partial charge in [0.2, 0.25) is 0 Å². The molecule has 8 atom stereocenters. The van der Waals surface area contributed by atoms with Crippen molar-refractivity contribution >= 4 is 52.3 Å². The van der Waals surface area contributed by atoms with Gasteiger partial charge in [0.05, 0.1) is 18.1 Å². The summed E-state index contributed by atoms with van der Waals surface area (Å²) in [5.74, 6) is 0. The maximum absolute atomic E-state index is 11.2. The van der Waals surface area contributed by atoms with Crippen LogP contribution >= 0.6 is 0 Å². The highest BCUT2D eigenvalue weighted by atomic mass is 32.3. The Labute approximate surface area is 250 Å². The second-order valence-corrected chi connectivity index (χ2v) is 13.4. The van der Waals surface area contributed by atoms with Gasteiger partial charge < -0.3 is 24.4 Å². The molecule has 3 rings (SSSR count). The van der Waals surface area contributed by atoms with E-state index in [-0.39, 0.29) is 0 Å². The minimum absolute atomic E-state index is 0.368. The van der Waals surface area contributed by atoms with E-state index in [1.165, 1.54) is 0 Å². The SMILES string of the molecule is O=S(=O)(O)O[C@@H]1[C@@H](OS(=O)(=O)O)[C@H](O[C@@H]2CO[C@@H](O)[C@H](OS(=O)(=O)O)[C@H]2OS(=O)(=O)O)OC[C@H]1O.O=[SH](=O)c1ccccc1. The van der Waals surface area contributed by atoms with E-state index in [1.807, 2.05) is 0 Å². The number of aliphatic hydroxyl groups is 2. The fourth-order valence-corrected chi connectivity index (χ4v) is 5.88. The maximum Gasteiger partial charge on any atom is 0.397 e. The van der Waals surface area contributed by atoms with Gasteiger partial charge in [-0.2, -0.15) is 33.7 Å². The first-order chi connectivity index (χ1) is 20.0. The first kappa shape index (κ1) is 38.6. The maximum atomic E-state index is 11.2. The van der Waals surface area contributed by atoms with E-state index in [0.29, 0.717) is 4.90 Å². The monoisotopic (exact) mass is 744 g/mol. The van der Waals surface area contributed by atoms with Crippen LogP contribution in [0, 0.1) is 0 Å². The van der Waals surface area contributed by atoms with E-state index in [0.717, 1.165) is 0 Å². The van der Waals surface area contributed by atoms with Gasteiger partial charge in [0.25, 0.3) is 0 Å². The van der Waals surface area contributed by atoms with Crippen LogP contribution in [0.2, 0.25) is 0 Å². The van der Waals surface area contributed by atoms with Crippen molar-refractivity contribution < 1.29 is 101 Å². The molecule has 0 unspecified atom stereocenters. The van der Waals surface area contributed by atoms with Gasteiger partial charge in [0.1, 0.15) is 24.4 Å². The van der Waals surface area contributed by atoms with Crippen molar-refractivity contribution in [2.75, 3.05) is 13.2 Å². The number of benzene rings is 1. The molecule has 0 aliphatic carbocycles. The van der Waals surface area contributed by atoms with Crippen molar-refractivity contribution in [3.63, 3.8) is 0 Å². The van der Waals surface area contributed by atoms with E-state index in [9.17, 15) is 52.3 Å². The molecular formula is C16H24O23S5. The zero-order chi connectivity index (χ0) is 33.7. The second kappa shape index (κ2) is 15.4. The highest BCUT2D eigenvalue weighted by Gasteiger charge is 2.52. The van der Waals surface area contributed by atoms with E-state index >= 15 is 0 Å². The van der Waals surface area contributed by atoms with Crippen molar-refractivity contribution in [1.82, 2.24) is 0 Å². The molecule has 0 saturated carbocycles. The van der Waals surface area contributed by atoms with Gasteiger partial charge in [-0.05, 0) is 12.1 Å². The number of rotatable bonds is 11. The van der Waals surface area contributed by atoms with Crippen LogP contribution < -0.4 is 0 Å². The Balaban J connectivity index is 0.000000639. The van der Waals surface area contributed by atoms with Gasteiger partial charge in [-0.25, -0.2) is 25.2 Å². The molecule has 6 N–H and O–H groups in total. The van der Waals surface area contributed by atoms with Crippen LogP contribution in [0.25, 0.3) is 0 Å². The molecule has 2 fully saturated rings. The van der Waals surface area contributed by atoms with Crippen LogP contribution in [-0.4, -0.2) is 133 Å². The molecule has 0 spiro atoms. The van der Waals surface area contributed by atoms with Crippen molar-refractivity contribution in [2.45, 2.75) is 54.1 Å². The number of ether oxygens (including phenoxy) is 3. The summed E-state index contributed by atoms with van der Waals surface area (Å²) in [4.78, 5) is 0.368. The third kappa shape index (κ3) is 13.4. The summed E-state index contributed by atoms with van der Waals surface area (Å²) < 4.78 is 177. The van der Waals surface area contributed by atoms with Gasteiger partial charge in [-0.1, -0.05) is 18.2 Å². The van der Waals surface area contributed by atoms with Gasteiger partial charge >= 0.3 is 41.6 Å². The van der Waals surface area contributed by atoms with Crippen LogP contribution in [0.5, 0.6) is 0 Å². The van der Waals surface area contributed by atoms with Gasteiger partial charge in [-0.15, -0.1) is 0 Å². The quantitative estimate of drug-likeness (QED) is 0.0835. The number of hydrogen-bond acceptors (Lipinski definition) is 19. The van der Waals surface area contributed by atoms with Crippen LogP contribution in [-0.2, 0) is 83.2 Å². The Hall–Kier alpha value is -1.55. The summed E-state index contributed by atoms with van der Waals surface area (Å²) >= 11 is 0. The Morgan fingerprint density at radius 1 is 0.636 bits per heavy atom. The minimum Gasteiger partial charge on any atom is -0.388 e. The lowest BCUT2D eigenvalue weighted by Gasteiger charge is -2.42. The summed E-state index contributed by atoms with van der Waals surface area (Å²) in [7, 11) is -24.2. The molecule has 256 valence electrons. The zero-order valence-corrected chi connectivity index (χ0v) is 25.3. The molecule has 2 saturated heterocycles. The van der Waals surface area contributed by atoms with Crippen LogP contribution in [0.3, 0.4) is 0 Å². The van der Waals surface area contributed by atoms with Crippen molar-refractivity contribution in [3.05, 3.63) is 30.3 Å². The summed E-state index contributed by atoms with van der Waals surface area (Å²) in [6.45, 7) is -1.89. The topological polar surface area (TPSA) is 357 Å². The molecule has 2 aliphatic heterocycles. The number of hydrogen-bond donors (Lipinski definition) is 7. The van der Waals surface area contributed by atoms with E-state index < -0.39 is 115 Å². The lowest BCUT2D eigenvalue weighted by atomic mass is 10.0. The third-order valence-electron chi connectivity index (χ3n) is 5.01. The smallest absolute Gasteiger partial charge is 0.388 e. The predicted octanol–water partition coefficient (Wildman–Crippen LogP) is -4.15. The largest absolute Gasteiger partial charge is 0.397 e. The average molecular weight is 745 g/mol. The molecule has 1 aromatic rings. The average Bonchev–Trinajstić information content (AvgIpc) is 2.85. The van der Waals surface area contributed by atoms with Crippen molar-refractivity contribution in [1.29, 1.82) is 0 Å². The summed E-state index contributed by atoms with van der Waals surface area (Å²) in [6.07, 6.45) is -18.4. The highest BCUT2D eigenvalue weighted by molar-refractivity contribution is 7.81. The van der Waals surface area contributed by atoms with Gasteiger partial charge in [0.15, 0.2) is 35.5 Å². The number of thiol groups is 1. The van der Waals surface area contributed by atoms with Crippen LogP contribution in [0.1, 0.15) is 0 Å². The fraction of sp³-hybridized carbons (Fsp3) is 0.625. The van der Waals surface area contributed by atoms with E-state index in [4.69, 9.17) is 32.4 Å². The van der Waals surface area contributed by atoms with E-state index in [1.54, 1.807) is 30.3 Å². The highest BCUT2D eigenvalue weighted by Crippen LogP contribution is 2.30. The molecule has 2 aliphatic rings. The van der Waals surface area contributed by atoms with Crippen molar-refractivity contribution in [3.8, 4) is 0 Å². The fourth-order valence-electron chi connectivity index (χ4n) is 3.47. The molecule has 0 aromatic heterocycles. The Bertz CT molecular complexity index is 1500. The normalized spacial score (nSPS) is 30.3. The predicted molar refractivity (Wildman–Crippen MR) is 133 cm³/mol. The molecule has 0 radical (unpaired) electrons. The van der Waals surface area contributed by atoms with Crippen LogP contribution in [0.15, 0.2) is 35.2 Å². The van der Waals surface area contributed by atoms with Crippen LogP contribution in [0.4, 0.5) is 0 Å². The Morgan fingerprint density at radius 3 is 1.55 bits per heavy atom. The molecule has 28 heteroatoms. The van der Waals surface area contributed by atoms with Gasteiger partial charge in [0, 0.05) is 0 Å². The van der Waals surface area contributed by atoms with Gasteiger partial charge in [-0.3, -0.25) is 18.2 Å². The second-order valence-electron chi connectivity index (χ2n) is 8.21. The number of aliphatic hydroxyl groups excluding tert-OH is 2. The molecule has 0 amide bonds. The molecule has 23 nitrogen and oxygen atoms in total. The molecular weight excluding hydrogens is 720 g/mol. The third-order valence-corrected chi connectivity index (χ3v) is 7.59. The van der Waals surface area contributed by atoms with E-state index in [2.05, 4.69) is 16.7 Å². The Morgan fingerprint density at radius 2 is 1.09 bits per heavy atom. The standard InChI is InChI=1S/C10H18O21S4.C6H6O2S/c11-3-1-26-10(8(31-35(22,23)24)5(3)28-32(13,14)15)27-4-2-25-9(12)7(30-34(19,20)21)6(4)29-33(16,17)18;7-9(8)6-4-2-1-3-5-6/h3-12H,1-2H2,(H,13,14,15)(H,16,17,18)(H,19,20,21)(H,22,23,24);1-5,9H/t3-,4-,5+,6+,7-,8-,9-,10+;/m1./s1. The van der Waals surface area contributed by atoms with Crippen molar-refractivity contribution in [2.24, 2.45) is 0 Å². The first-order valence-corrected chi connectivity index (χ1v) is 17.7. The summed E-state index contributed by atoms with van der Waals surface area (Å²) in [6, 6.07) is 8.29. The Kier molecular flexibility index (Phi) is 13.5. The lowest BCUT2D eigenvalue weighted by molar-refractivity contribution is -0.313. The zero-order valence-electron chi connectivity index (χ0n) is 21.1. The molecule has 44 heavy (non-hydrogen) atoms. The lowest BCUT2D eigenvalue weighted by Crippen LogP contribution is -2.62. The minimum atomic E-state index is -5.50. The first-order valence-electron chi connectivity index (χ1n) is 11.0. The summed E-state index contributed by atoms with van der Waals surface area (Å²) in [5.41, 5.74) is 0. The summed E-state index contributed by atoms with van der Waals surface area (Å²) in [5, 5.41) is 19.7. The molecule has 0 bridgehead atoms. The molecule has 2 heterocycles.